The smallest absolute Gasteiger partial charge is 0.0666 e. The summed E-state index contributed by atoms with van der Waals surface area (Å²) < 4.78 is 0. The minimum Gasteiger partial charge on any atom is -0.329 e. The number of hydrogen-bond donors (Lipinski definition) is 1. The highest BCUT2D eigenvalue weighted by Crippen LogP contribution is 2.11. The second kappa shape index (κ2) is 4.44. The Hall–Kier alpha value is -0.590. The maximum Gasteiger partial charge on any atom is 0.0666 e. The van der Waals surface area contributed by atoms with Gasteiger partial charge in [0.2, 0.25) is 0 Å². The second-order valence-electron chi connectivity index (χ2n) is 3.93. The number of nitrogens with two attached hydrogens (primary N) is 1. The van der Waals surface area contributed by atoms with Gasteiger partial charge in [-0.3, -0.25) is 4.90 Å². The molecular formula is C9H19N3. The highest BCUT2D eigenvalue weighted by Gasteiger charge is 2.22. The fourth-order valence-corrected chi connectivity index (χ4v) is 0.855. The standard InChI is InChI=1S/C9H19N3/c1-8(5-10)6-12(4)9(2,3)7-11/h8H,6-7,11H2,1-4H3. The van der Waals surface area contributed by atoms with E-state index in [4.69, 9.17) is 11.0 Å². The molecule has 0 aromatic heterocycles. The second-order valence-corrected chi connectivity index (χ2v) is 3.93. The maximum absolute atomic E-state index is 8.61. The van der Waals surface area contributed by atoms with E-state index in [2.05, 4.69) is 24.8 Å². The van der Waals surface area contributed by atoms with E-state index < -0.39 is 0 Å². The lowest BCUT2D eigenvalue weighted by Crippen LogP contribution is -2.48. The minimum atomic E-state index is -0.00882. The topological polar surface area (TPSA) is 53.0 Å². The highest BCUT2D eigenvalue weighted by molar-refractivity contribution is 4.86. The molecule has 0 aromatic rings. The van der Waals surface area contributed by atoms with Crippen LogP contribution in [0.3, 0.4) is 0 Å². The number of nitriles is 1. The number of nitrogens with zero attached hydrogens (tertiary/aromatic N) is 2. The summed E-state index contributed by atoms with van der Waals surface area (Å²) in [6, 6.07) is 2.21. The van der Waals surface area contributed by atoms with Crippen LogP contribution >= 0.6 is 0 Å². The maximum atomic E-state index is 8.61. The quantitative estimate of drug-likeness (QED) is 0.677. The van der Waals surface area contributed by atoms with Gasteiger partial charge in [0.25, 0.3) is 0 Å². The van der Waals surface area contributed by atoms with E-state index in [0.717, 1.165) is 6.54 Å². The molecule has 3 heteroatoms. The van der Waals surface area contributed by atoms with Gasteiger partial charge >= 0.3 is 0 Å². The van der Waals surface area contributed by atoms with Crippen LogP contribution in [0.1, 0.15) is 20.8 Å². The van der Waals surface area contributed by atoms with E-state index in [-0.39, 0.29) is 11.5 Å². The Balaban J connectivity index is 4.04. The van der Waals surface area contributed by atoms with Crippen LogP contribution in [-0.2, 0) is 0 Å². The fourth-order valence-electron chi connectivity index (χ4n) is 0.855. The highest BCUT2D eigenvalue weighted by atomic mass is 15.2. The first-order chi connectivity index (χ1) is 5.44. The normalized spacial score (nSPS) is 14.4. The molecule has 0 bridgehead atoms. The van der Waals surface area contributed by atoms with Gasteiger partial charge in [-0.15, -0.1) is 0 Å². The van der Waals surface area contributed by atoms with Gasteiger partial charge < -0.3 is 5.73 Å². The van der Waals surface area contributed by atoms with Crippen molar-refractivity contribution in [2.75, 3.05) is 20.1 Å². The van der Waals surface area contributed by atoms with E-state index in [1.54, 1.807) is 0 Å². The van der Waals surface area contributed by atoms with Crippen molar-refractivity contribution in [3.8, 4) is 6.07 Å². The van der Waals surface area contributed by atoms with Crippen LogP contribution in [-0.4, -0.2) is 30.6 Å². The van der Waals surface area contributed by atoms with Gasteiger partial charge in [0.15, 0.2) is 0 Å². The molecule has 0 amide bonds. The van der Waals surface area contributed by atoms with Gasteiger partial charge in [-0.25, -0.2) is 0 Å². The van der Waals surface area contributed by atoms with Crippen molar-refractivity contribution in [1.29, 1.82) is 5.26 Å². The third kappa shape index (κ3) is 3.21. The molecular weight excluding hydrogens is 150 g/mol. The zero-order valence-corrected chi connectivity index (χ0v) is 8.46. The van der Waals surface area contributed by atoms with Crippen LogP contribution < -0.4 is 5.73 Å². The molecule has 70 valence electrons. The SMILES string of the molecule is CC(C#N)CN(C)C(C)(C)CN. The molecule has 0 aliphatic carbocycles. The van der Waals surface area contributed by atoms with Gasteiger partial charge in [-0.2, -0.15) is 5.26 Å². The van der Waals surface area contributed by atoms with Crippen LogP contribution in [0.2, 0.25) is 0 Å². The summed E-state index contributed by atoms with van der Waals surface area (Å²) in [5.41, 5.74) is 5.59. The Morgan fingerprint density at radius 1 is 1.58 bits per heavy atom. The number of likely N-dealkylation sites (N-methyl/N-ethyl adjacent to an activating group) is 1. The van der Waals surface area contributed by atoms with E-state index >= 15 is 0 Å². The van der Waals surface area contributed by atoms with Crippen molar-refractivity contribution >= 4 is 0 Å². The first kappa shape index (κ1) is 11.4. The molecule has 1 atom stereocenters. The molecule has 0 spiro atoms. The minimum absolute atomic E-state index is 0.00882. The molecule has 12 heavy (non-hydrogen) atoms. The van der Waals surface area contributed by atoms with Crippen molar-refractivity contribution in [2.24, 2.45) is 11.7 Å². The Morgan fingerprint density at radius 2 is 2.08 bits per heavy atom. The van der Waals surface area contributed by atoms with Crippen molar-refractivity contribution in [3.63, 3.8) is 0 Å². The van der Waals surface area contributed by atoms with Crippen molar-refractivity contribution in [2.45, 2.75) is 26.3 Å². The number of rotatable bonds is 4. The zero-order valence-electron chi connectivity index (χ0n) is 8.46. The van der Waals surface area contributed by atoms with Gasteiger partial charge in [-0.05, 0) is 27.8 Å². The van der Waals surface area contributed by atoms with E-state index in [1.807, 2.05) is 14.0 Å². The molecule has 0 aliphatic heterocycles. The predicted octanol–water partition coefficient (Wildman–Crippen LogP) is 0.815. The zero-order chi connectivity index (χ0) is 9.78. The first-order valence-electron chi connectivity index (χ1n) is 4.25. The summed E-state index contributed by atoms with van der Waals surface area (Å²) in [5.74, 6) is 0.0702. The third-order valence-corrected chi connectivity index (χ3v) is 2.30. The molecule has 1 unspecified atom stereocenters. The number of hydrogen-bond acceptors (Lipinski definition) is 3. The summed E-state index contributed by atoms with van der Waals surface area (Å²) >= 11 is 0. The molecule has 0 aromatic carbocycles. The van der Waals surface area contributed by atoms with E-state index in [9.17, 15) is 0 Å². The molecule has 0 saturated carbocycles. The molecule has 3 nitrogen and oxygen atoms in total. The van der Waals surface area contributed by atoms with Gasteiger partial charge in [0, 0.05) is 18.6 Å². The molecule has 0 saturated heterocycles. The average Bonchev–Trinajstić information content (AvgIpc) is 2.04. The fraction of sp³-hybridized carbons (Fsp3) is 0.889. The molecule has 2 N–H and O–H groups in total. The summed E-state index contributed by atoms with van der Waals surface area (Å²) in [4.78, 5) is 2.13. The van der Waals surface area contributed by atoms with Crippen LogP contribution in [0.25, 0.3) is 0 Å². The van der Waals surface area contributed by atoms with Crippen LogP contribution in [0.15, 0.2) is 0 Å². The van der Waals surface area contributed by atoms with Crippen molar-refractivity contribution in [3.05, 3.63) is 0 Å². The summed E-state index contributed by atoms with van der Waals surface area (Å²) in [6.07, 6.45) is 0. The molecule has 0 heterocycles. The lowest BCUT2D eigenvalue weighted by atomic mass is 10.0. The monoisotopic (exact) mass is 169 g/mol. The molecule has 0 rings (SSSR count). The third-order valence-electron chi connectivity index (χ3n) is 2.30. The van der Waals surface area contributed by atoms with Gasteiger partial charge in [0.1, 0.15) is 0 Å². The van der Waals surface area contributed by atoms with Crippen LogP contribution in [0, 0.1) is 17.2 Å². The Labute approximate surface area is 75.2 Å². The molecule has 0 aliphatic rings. The lowest BCUT2D eigenvalue weighted by molar-refractivity contribution is 0.153. The average molecular weight is 169 g/mol. The first-order valence-corrected chi connectivity index (χ1v) is 4.25. The Bertz CT molecular complexity index is 169. The Kier molecular flexibility index (Phi) is 4.22. The summed E-state index contributed by atoms with van der Waals surface area (Å²) in [7, 11) is 2.00. The summed E-state index contributed by atoms with van der Waals surface area (Å²) in [6.45, 7) is 7.47. The molecule has 0 radical (unpaired) electrons. The van der Waals surface area contributed by atoms with E-state index in [0.29, 0.717) is 6.54 Å². The van der Waals surface area contributed by atoms with Gasteiger partial charge in [-0.1, -0.05) is 0 Å². The Morgan fingerprint density at radius 3 is 2.42 bits per heavy atom. The van der Waals surface area contributed by atoms with Gasteiger partial charge in [0.05, 0.1) is 12.0 Å². The van der Waals surface area contributed by atoms with Crippen LogP contribution in [0.5, 0.6) is 0 Å². The molecule has 0 fully saturated rings. The largest absolute Gasteiger partial charge is 0.329 e. The van der Waals surface area contributed by atoms with Crippen LogP contribution in [0.4, 0.5) is 0 Å². The summed E-state index contributed by atoms with van der Waals surface area (Å²) in [5, 5.41) is 8.61. The van der Waals surface area contributed by atoms with Crippen molar-refractivity contribution < 1.29 is 0 Å². The van der Waals surface area contributed by atoms with E-state index in [1.165, 1.54) is 0 Å². The predicted molar refractivity (Wildman–Crippen MR) is 50.5 cm³/mol. The van der Waals surface area contributed by atoms with Crippen molar-refractivity contribution in [1.82, 2.24) is 4.90 Å². The lowest BCUT2D eigenvalue weighted by Gasteiger charge is -2.35.